The van der Waals surface area contributed by atoms with Crippen LogP contribution in [0.15, 0.2) is 18.2 Å². The van der Waals surface area contributed by atoms with Gasteiger partial charge in [0, 0.05) is 17.9 Å². The molecule has 1 atom stereocenters. The molecule has 0 spiro atoms. The minimum absolute atomic E-state index is 0.0467. The minimum Gasteiger partial charge on any atom is -0.398 e. The molecule has 1 unspecified atom stereocenters. The monoisotopic (exact) mass is 261 g/mol. The van der Waals surface area contributed by atoms with Crippen molar-refractivity contribution >= 4 is 17.3 Å². The van der Waals surface area contributed by atoms with Crippen LogP contribution in [-0.2, 0) is 4.79 Å². The molecule has 19 heavy (non-hydrogen) atoms. The zero-order valence-corrected chi connectivity index (χ0v) is 11.8. The lowest BCUT2D eigenvalue weighted by Gasteiger charge is -2.16. The fraction of sp³-hybridized carbons (Fsp3) is 0.533. The van der Waals surface area contributed by atoms with E-state index in [1.165, 1.54) is 12.8 Å². The van der Waals surface area contributed by atoms with Gasteiger partial charge in [-0.25, -0.2) is 0 Å². The van der Waals surface area contributed by atoms with Crippen LogP contribution in [0.1, 0.15) is 25.3 Å². The van der Waals surface area contributed by atoms with Crippen molar-refractivity contribution < 1.29 is 4.79 Å². The Bertz CT molecular complexity index is 459. The number of benzene rings is 1. The van der Waals surface area contributed by atoms with E-state index in [1.807, 2.05) is 25.1 Å². The molecule has 2 rings (SSSR count). The van der Waals surface area contributed by atoms with Crippen LogP contribution in [0.4, 0.5) is 11.4 Å². The molecule has 1 fully saturated rings. The average molecular weight is 261 g/mol. The molecule has 1 heterocycles. The van der Waals surface area contributed by atoms with Crippen LogP contribution in [0.25, 0.3) is 0 Å². The van der Waals surface area contributed by atoms with Gasteiger partial charge in [0.2, 0.25) is 5.91 Å². The summed E-state index contributed by atoms with van der Waals surface area (Å²) in [5.41, 5.74) is 8.30. The molecule has 1 aliphatic heterocycles. The Morgan fingerprint density at radius 3 is 3.00 bits per heavy atom. The number of amides is 1. The van der Waals surface area contributed by atoms with Crippen LogP contribution in [0.5, 0.6) is 0 Å². The first-order chi connectivity index (χ1) is 9.10. The van der Waals surface area contributed by atoms with Crippen LogP contribution >= 0.6 is 0 Å². The number of nitrogens with zero attached hydrogens (tertiary/aromatic N) is 1. The third kappa shape index (κ3) is 3.47. The maximum Gasteiger partial charge on any atom is 0.238 e. The Hall–Kier alpha value is -1.55. The van der Waals surface area contributed by atoms with Crippen molar-refractivity contribution in [1.82, 2.24) is 4.90 Å². The topological polar surface area (TPSA) is 58.4 Å². The first-order valence-corrected chi connectivity index (χ1v) is 6.97. The summed E-state index contributed by atoms with van der Waals surface area (Å²) >= 11 is 0. The molecule has 3 N–H and O–H groups in total. The van der Waals surface area contributed by atoms with Crippen LogP contribution in [-0.4, -0.2) is 30.4 Å². The molecule has 1 saturated heterocycles. The molecule has 104 valence electrons. The molecule has 0 radical (unpaired) electrons. The third-order valence-corrected chi connectivity index (χ3v) is 3.96. The van der Waals surface area contributed by atoms with Crippen molar-refractivity contribution in [3.05, 3.63) is 23.8 Å². The van der Waals surface area contributed by atoms with Crippen LogP contribution < -0.4 is 11.1 Å². The molecular weight excluding hydrogens is 238 g/mol. The molecule has 0 aliphatic carbocycles. The number of hydrogen-bond acceptors (Lipinski definition) is 3. The first-order valence-electron chi connectivity index (χ1n) is 6.97. The predicted molar refractivity (Wildman–Crippen MR) is 79.1 cm³/mol. The number of nitrogen functional groups attached to an aromatic ring is 1. The molecule has 1 aromatic carbocycles. The Balaban J connectivity index is 1.89. The lowest BCUT2D eigenvalue weighted by molar-refractivity contribution is -0.117. The molecular formula is C15H23N3O. The molecule has 0 bridgehead atoms. The summed E-state index contributed by atoms with van der Waals surface area (Å²) in [6, 6.07) is 5.60. The zero-order chi connectivity index (χ0) is 13.8. The predicted octanol–water partition coefficient (Wildman–Crippen LogP) is 2.25. The van der Waals surface area contributed by atoms with Crippen molar-refractivity contribution in [3.8, 4) is 0 Å². The molecule has 0 aromatic heterocycles. The van der Waals surface area contributed by atoms with Crippen molar-refractivity contribution in [3.63, 3.8) is 0 Å². The quantitative estimate of drug-likeness (QED) is 0.817. The lowest BCUT2D eigenvalue weighted by atomic mass is 10.1. The largest absolute Gasteiger partial charge is 0.398 e. The molecule has 1 aliphatic rings. The molecule has 4 heteroatoms. The van der Waals surface area contributed by atoms with Crippen molar-refractivity contribution in [2.24, 2.45) is 5.92 Å². The average Bonchev–Trinajstić information content (AvgIpc) is 2.82. The number of rotatable bonds is 4. The third-order valence-electron chi connectivity index (χ3n) is 3.96. The molecule has 1 amide bonds. The Kier molecular flexibility index (Phi) is 4.43. The highest BCUT2D eigenvalue weighted by Crippen LogP contribution is 2.21. The zero-order valence-electron chi connectivity index (χ0n) is 11.8. The Morgan fingerprint density at radius 1 is 1.53 bits per heavy atom. The van der Waals surface area contributed by atoms with Crippen molar-refractivity contribution in [2.45, 2.75) is 26.7 Å². The summed E-state index contributed by atoms with van der Waals surface area (Å²) in [6.07, 6.45) is 2.41. The van der Waals surface area contributed by atoms with Crippen molar-refractivity contribution in [1.29, 1.82) is 0 Å². The highest BCUT2D eigenvalue weighted by atomic mass is 16.2. The first kappa shape index (κ1) is 13.9. The van der Waals surface area contributed by atoms with Crippen LogP contribution in [0.3, 0.4) is 0 Å². The fourth-order valence-electron chi connectivity index (χ4n) is 2.57. The van der Waals surface area contributed by atoms with E-state index in [2.05, 4.69) is 17.1 Å². The number of nitrogens with two attached hydrogens (primary N) is 1. The van der Waals surface area contributed by atoms with Crippen LogP contribution in [0, 0.1) is 12.8 Å². The standard InChI is InChI=1S/C15H23N3O/c1-3-12-7-8-18(9-12)10-15(19)17-14-6-4-5-13(16)11(14)2/h4-6,12H,3,7-10,16H2,1-2H3,(H,17,19). The normalized spacial score (nSPS) is 19.6. The number of likely N-dealkylation sites (tertiary alicyclic amines) is 1. The Morgan fingerprint density at radius 2 is 2.32 bits per heavy atom. The van der Waals surface area contributed by atoms with Gasteiger partial charge in [-0.15, -0.1) is 0 Å². The SMILES string of the molecule is CCC1CCN(CC(=O)Nc2cccc(N)c2C)C1. The molecule has 4 nitrogen and oxygen atoms in total. The summed E-state index contributed by atoms with van der Waals surface area (Å²) in [5.74, 6) is 0.798. The summed E-state index contributed by atoms with van der Waals surface area (Å²) in [6.45, 7) is 6.69. The van der Waals surface area contributed by atoms with Gasteiger partial charge in [-0.2, -0.15) is 0 Å². The second-order valence-electron chi connectivity index (χ2n) is 5.37. The van der Waals surface area contributed by atoms with Gasteiger partial charge < -0.3 is 11.1 Å². The fourth-order valence-corrected chi connectivity index (χ4v) is 2.57. The van der Waals surface area contributed by atoms with E-state index >= 15 is 0 Å². The number of hydrogen-bond donors (Lipinski definition) is 2. The minimum atomic E-state index is 0.0467. The highest BCUT2D eigenvalue weighted by molar-refractivity contribution is 5.93. The molecule has 0 saturated carbocycles. The van der Waals surface area contributed by atoms with Gasteiger partial charge in [0.05, 0.1) is 6.54 Å². The van der Waals surface area contributed by atoms with Gasteiger partial charge in [0.25, 0.3) is 0 Å². The van der Waals surface area contributed by atoms with Gasteiger partial charge in [0.1, 0.15) is 0 Å². The van der Waals surface area contributed by atoms with E-state index < -0.39 is 0 Å². The van der Waals surface area contributed by atoms with Gasteiger partial charge in [0.15, 0.2) is 0 Å². The summed E-state index contributed by atoms with van der Waals surface area (Å²) in [5, 5.41) is 2.95. The summed E-state index contributed by atoms with van der Waals surface area (Å²) < 4.78 is 0. The second kappa shape index (κ2) is 6.06. The number of carbonyl (C=O) groups is 1. The molecule has 1 aromatic rings. The van der Waals surface area contributed by atoms with Gasteiger partial charge >= 0.3 is 0 Å². The Labute approximate surface area is 115 Å². The second-order valence-corrected chi connectivity index (χ2v) is 5.37. The number of anilines is 2. The van der Waals surface area contributed by atoms with E-state index in [4.69, 9.17) is 5.73 Å². The summed E-state index contributed by atoms with van der Waals surface area (Å²) in [7, 11) is 0. The number of carbonyl (C=O) groups excluding carboxylic acids is 1. The highest BCUT2D eigenvalue weighted by Gasteiger charge is 2.22. The maximum atomic E-state index is 12.0. The van der Waals surface area contributed by atoms with E-state index in [9.17, 15) is 4.79 Å². The van der Waals surface area contributed by atoms with E-state index in [1.54, 1.807) is 0 Å². The van der Waals surface area contributed by atoms with E-state index in [-0.39, 0.29) is 5.91 Å². The smallest absolute Gasteiger partial charge is 0.238 e. The van der Waals surface area contributed by atoms with Crippen LogP contribution in [0.2, 0.25) is 0 Å². The van der Waals surface area contributed by atoms with E-state index in [0.29, 0.717) is 12.2 Å². The van der Waals surface area contributed by atoms with Gasteiger partial charge in [-0.3, -0.25) is 9.69 Å². The van der Waals surface area contributed by atoms with E-state index in [0.717, 1.165) is 30.3 Å². The lowest BCUT2D eigenvalue weighted by Crippen LogP contribution is -2.31. The maximum absolute atomic E-state index is 12.0. The van der Waals surface area contributed by atoms with Gasteiger partial charge in [-0.1, -0.05) is 19.4 Å². The van der Waals surface area contributed by atoms with Crippen molar-refractivity contribution in [2.75, 3.05) is 30.7 Å². The van der Waals surface area contributed by atoms with Gasteiger partial charge in [-0.05, 0) is 43.5 Å². The number of nitrogens with one attached hydrogen (secondary N) is 1. The summed E-state index contributed by atoms with van der Waals surface area (Å²) in [4.78, 5) is 14.3.